The third-order valence-corrected chi connectivity index (χ3v) is 4.87. The number of nitrogens with zero attached hydrogens (tertiary/aromatic N) is 4. The van der Waals surface area contributed by atoms with Crippen molar-refractivity contribution in [2.24, 2.45) is 0 Å². The lowest BCUT2D eigenvalue weighted by Crippen LogP contribution is -2.47. The van der Waals surface area contributed by atoms with Crippen molar-refractivity contribution >= 4 is 18.1 Å². The van der Waals surface area contributed by atoms with Crippen molar-refractivity contribution in [1.82, 2.24) is 20.0 Å². The molecule has 1 saturated heterocycles. The SMILES string of the molecule is Cl.O=c1[nH]c(-c2ccc(OCCCN3CCN(c4ccccc4F)CC3)cn2)no1. The van der Waals surface area contributed by atoms with Crippen LogP contribution in [0, 0.1) is 5.82 Å². The Balaban J connectivity index is 0.00000256. The molecule has 10 heteroatoms. The highest BCUT2D eigenvalue weighted by molar-refractivity contribution is 5.85. The Labute approximate surface area is 179 Å². The summed E-state index contributed by atoms with van der Waals surface area (Å²) in [5.74, 6) is 0.167. The standard InChI is InChI=1S/C20H22FN5O3.ClH/c21-16-4-1-2-5-18(16)26-11-9-25(10-12-26)8-3-13-28-15-6-7-17(22-14-15)19-23-20(27)29-24-19;/h1-2,4-7,14H,3,8-13H2,(H,23,24,27);1H. The van der Waals surface area contributed by atoms with E-state index < -0.39 is 5.76 Å². The molecule has 8 nitrogen and oxygen atoms in total. The van der Waals surface area contributed by atoms with Crippen LogP contribution >= 0.6 is 12.4 Å². The maximum absolute atomic E-state index is 13.9. The van der Waals surface area contributed by atoms with Crippen molar-refractivity contribution in [3.8, 4) is 17.3 Å². The van der Waals surface area contributed by atoms with E-state index in [1.54, 1.807) is 24.4 Å². The molecule has 0 unspecified atom stereocenters. The molecule has 0 saturated carbocycles. The smallest absolute Gasteiger partial charge is 0.439 e. The fourth-order valence-electron chi connectivity index (χ4n) is 3.34. The number of rotatable bonds is 7. The first kappa shape index (κ1) is 21.8. The molecule has 2 aromatic heterocycles. The van der Waals surface area contributed by atoms with Crippen molar-refractivity contribution in [3.63, 3.8) is 0 Å². The van der Waals surface area contributed by atoms with Crippen LogP contribution in [0.15, 0.2) is 51.9 Å². The lowest BCUT2D eigenvalue weighted by atomic mass is 10.2. The molecular weight excluding hydrogens is 413 g/mol. The number of aromatic nitrogens is 3. The van der Waals surface area contributed by atoms with Gasteiger partial charge in [0.05, 0.1) is 18.5 Å². The topological polar surface area (TPSA) is 87.5 Å². The number of nitrogens with one attached hydrogen (secondary N) is 1. The second kappa shape index (κ2) is 10.2. The lowest BCUT2D eigenvalue weighted by molar-refractivity contribution is 0.224. The second-order valence-corrected chi connectivity index (χ2v) is 6.80. The minimum atomic E-state index is -0.614. The molecule has 1 aromatic carbocycles. The van der Waals surface area contributed by atoms with Crippen molar-refractivity contribution < 1.29 is 13.7 Å². The van der Waals surface area contributed by atoms with Crippen LogP contribution < -0.4 is 15.4 Å². The summed E-state index contributed by atoms with van der Waals surface area (Å²) in [5, 5.41) is 3.60. The molecule has 0 bridgehead atoms. The number of hydrogen-bond acceptors (Lipinski definition) is 7. The summed E-state index contributed by atoms with van der Waals surface area (Å²) >= 11 is 0. The van der Waals surface area contributed by atoms with Gasteiger partial charge in [-0.05, 0) is 30.7 Å². The Bertz CT molecular complexity index is 986. The number of halogens is 2. The van der Waals surface area contributed by atoms with E-state index in [-0.39, 0.29) is 24.0 Å². The average molecular weight is 436 g/mol. The number of ether oxygens (including phenoxy) is 1. The predicted molar refractivity (Wildman–Crippen MR) is 113 cm³/mol. The van der Waals surface area contributed by atoms with Gasteiger partial charge in [-0.25, -0.2) is 14.2 Å². The van der Waals surface area contributed by atoms with Gasteiger partial charge >= 0.3 is 5.76 Å². The number of benzene rings is 1. The van der Waals surface area contributed by atoms with Crippen LogP contribution in [0.25, 0.3) is 11.5 Å². The summed E-state index contributed by atoms with van der Waals surface area (Å²) in [6, 6.07) is 10.4. The summed E-state index contributed by atoms with van der Waals surface area (Å²) < 4.78 is 24.1. The van der Waals surface area contributed by atoms with E-state index in [0.29, 0.717) is 23.7 Å². The first-order valence-electron chi connectivity index (χ1n) is 9.56. The molecule has 1 fully saturated rings. The third-order valence-electron chi connectivity index (χ3n) is 4.87. The molecule has 1 aliphatic heterocycles. The van der Waals surface area contributed by atoms with Gasteiger partial charge in [-0.1, -0.05) is 17.3 Å². The van der Waals surface area contributed by atoms with Gasteiger partial charge in [-0.2, -0.15) is 0 Å². The molecule has 0 spiro atoms. The fraction of sp³-hybridized carbons (Fsp3) is 0.350. The van der Waals surface area contributed by atoms with Crippen LogP contribution in [0.2, 0.25) is 0 Å². The molecule has 3 heterocycles. The summed E-state index contributed by atoms with van der Waals surface area (Å²) in [7, 11) is 0. The summed E-state index contributed by atoms with van der Waals surface area (Å²) in [6.07, 6.45) is 2.48. The Morgan fingerprint density at radius 3 is 2.60 bits per heavy atom. The van der Waals surface area contributed by atoms with Gasteiger partial charge in [0, 0.05) is 32.7 Å². The maximum Gasteiger partial charge on any atom is 0.439 e. The van der Waals surface area contributed by atoms with Crippen molar-refractivity contribution in [3.05, 3.63) is 59.0 Å². The van der Waals surface area contributed by atoms with Gasteiger partial charge < -0.3 is 9.64 Å². The highest BCUT2D eigenvalue weighted by Crippen LogP contribution is 2.20. The highest BCUT2D eigenvalue weighted by Gasteiger charge is 2.18. The van der Waals surface area contributed by atoms with E-state index in [9.17, 15) is 9.18 Å². The average Bonchev–Trinajstić information content (AvgIpc) is 3.19. The number of aromatic amines is 1. The molecule has 4 rings (SSSR count). The zero-order valence-electron chi connectivity index (χ0n) is 16.3. The molecule has 1 aliphatic rings. The summed E-state index contributed by atoms with van der Waals surface area (Å²) in [6.45, 7) is 4.95. The highest BCUT2D eigenvalue weighted by atomic mass is 35.5. The third kappa shape index (κ3) is 5.37. The Hall–Kier alpha value is -2.91. The van der Waals surface area contributed by atoms with Gasteiger partial charge in [0.25, 0.3) is 0 Å². The molecule has 0 radical (unpaired) electrons. The molecule has 0 amide bonds. The molecule has 3 aromatic rings. The number of pyridine rings is 1. The van der Waals surface area contributed by atoms with Gasteiger partial charge in [0.1, 0.15) is 17.3 Å². The van der Waals surface area contributed by atoms with Crippen LogP contribution in [0.1, 0.15) is 6.42 Å². The van der Waals surface area contributed by atoms with E-state index in [0.717, 1.165) is 39.1 Å². The van der Waals surface area contributed by atoms with Crippen LogP contribution in [0.3, 0.4) is 0 Å². The summed E-state index contributed by atoms with van der Waals surface area (Å²) in [4.78, 5) is 22.1. The minimum Gasteiger partial charge on any atom is -0.492 e. The quantitative estimate of drug-likeness (QED) is 0.570. The van der Waals surface area contributed by atoms with Crippen molar-refractivity contribution in [2.75, 3.05) is 44.2 Å². The van der Waals surface area contributed by atoms with Crippen LogP contribution in [-0.4, -0.2) is 59.4 Å². The second-order valence-electron chi connectivity index (χ2n) is 6.80. The zero-order valence-corrected chi connectivity index (χ0v) is 17.1. The number of piperazine rings is 1. The molecular formula is C20H23ClFN5O3. The van der Waals surface area contributed by atoms with Crippen LogP contribution in [-0.2, 0) is 0 Å². The normalized spacial score (nSPS) is 14.4. The van der Waals surface area contributed by atoms with Gasteiger partial charge in [0.15, 0.2) is 0 Å². The number of H-pyrrole nitrogens is 1. The predicted octanol–water partition coefficient (Wildman–Crippen LogP) is 2.58. The van der Waals surface area contributed by atoms with Crippen molar-refractivity contribution in [2.45, 2.75) is 6.42 Å². The van der Waals surface area contributed by atoms with Gasteiger partial charge in [-0.15, -0.1) is 12.4 Å². The molecule has 160 valence electrons. The van der Waals surface area contributed by atoms with E-state index in [1.807, 2.05) is 12.1 Å². The maximum atomic E-state index is 13.9. The van der Waals surface area contributed by atoms with Gasteiger partial charge in [0.2, 0.25) is 5.82 Å². The van der Waals surface area contributed by atoms with E-state index in [1.165, 1.54) is 6.07 Å². The summed E-state index contributed by atoms with van der Waals surface area (Å²) in [5.41, 5.74) is 1.19. The van der Waals surface area contributed by atoms with E-state index >= 15 is 0 Å². The Morgan fingerprint density at radius 2 is 1.93 bits per heavy atom. The Kier molecular flexibility index (Phi) is 7.42. The minimum absolute atomic E-state index is 0. The zero-order chi connectivity index (χ0) is 20.1. The number of anilines is 1. The van der Waals surface area contributed by atoms with E-state index in [2.05, 4.69) is 29.4 Å². The monoisotopic (exact) mass is 435 g/mol. The molecule has 0 aliphatic carbocycles. The first-order valence-corrected chi connectivity index (χ1v) is 9.56. The van der Waals surface area contributed by atoms with Gasteiger partial charge in [-0.3, -0.25) is 14.4 Å². The largest absolute Gasteiger partial charge is 0.492 e. The number of hydrogen-bond donors (Lipinski definition) is 1. The lowest BCUT2D eigenvalue weighted by Gasteiger charge is -2.36. The van der Waals surface area contributed by atoms with Crippen molar-refractivity contribution in [1.29, 1.82) is 0 Å². The first-order chi connectivity index (χ1) is 14.2. The van der Waals surface area contributed by atoms with Crippen LogP contribution in [0.5, 0.6) is 5.75 Å². The van der Waals surface area contributed by atoms with Crippen LogP contribution in [0.4, 0.5) is 10.1 Å². The molecule has 30 heavy (non-hydrogen) atoms. The molecule has 0 atom stereocenters. The Morgan fingerprint density at radius 1 is 1.13 bits per heavy atom. The number of para-hydroxylation sites is 1. The fourth-order valence-corrected chi connectivity index (χ4v) is 3.34. The molecule has 1 N–H and O–H groups in total. The van der Waals surface area contributed by atoms with E-state index in [4.69, 9.17) is 4.74 Å².